The molecule has 1 N–H and O–H groups in total. The number of hydrogen-bond acceptors (Lipinski definition) is 3. The third kappa shape index (κ3) is 6.55. The highest BCUT2D eigenvalue weighted by atomic mass is 35.5. The van der Waals surface area contributed by atoms with Gasteiger partial charge in [0, 0.05) is 48.6 Å². The number of hydrogen-bond donors (Lipinski definition) is 1. The molecule has 32 heavy (non-hydrogen) atoms. The van der Waals surface area contributed by atoms with Crippen LogP contribution in [0.25, 0.3) is 0 Å². The Balaban J connectivity index is 1.75. The van der Waals surface area contributed by atoms with E-state index in [0.717, 1.165) is 22.6 Å². The minimum atomic E-state index is -0.183. The molecular formula is C25H27Cl2N3O2. The molecule has 0 heterocycles. The molecule has 0 unspecified atom stereocenters. The summed E-state index contributed by atoms with van der Waals surface area (Å²) in [4.78, 5) is 16.9. The number of carbonyl (C=O) groups is 1. The second kappa shape index (κ2) is 11.1. The number of nitrogens with one attached hydrogen (secondary N) is 1. The Morgan fingerprint density at radius 1 is 0.969 bits per heavy atom. The van der Waals surface area contributed by atoms with Crippen LogP contribution < -0.4 is 15.0 Å². The van der Waals surface area contributed by atoms with E-state index in [0.29, 0.717) is 35.2 Å². The van der Waals surface area contributed by atoms with Gasteiger partial charge in [-0.05, 0) is 66.1 Å². The van der Waals surface area contributed by atoms with Gasteiger partial charge in [0.05, 0.1) is 7.11 Å². The number of amides is 2. The lowest BCUT2D eigenvalue weighted by Crippen LogP contribution is -2.36. The van der Waals surface area contributed by atoms with E-state index in [2.05, 4.69) is 5.32 Å². The Bertz CT molecular complexity index is 1040. The minimum Gasteiger partial charge on any atom is -0.497 e. The van der Waals surface area contributed by atoms with Crippen LogP contribution in [0.3, 0.4) is 0 Å². The maximum atomic E-state index is 13.1. The topological polar surface area (TPSA) is 44.8 Å². The number of nitrogens with zero attached hydrogens (tertiary/aromatic N) is 2. The zero-order valence-corrected chi connectivity index (χ0v) is 20.0. The summed E-state index contributed by atoms with van der Waals surface area (Å²) in [5.41, 5.74) is 3.80. The van der Waals surface area contributed by atoms with E-state index in [4.69, 9.17) is 27.9 Å². The number of halogens is 2. The minimum absolute atomic E-state index is 0.183. The summed E-state index contributed by atoms with van der Waals surface area (Å²) in [6.45, 7) is 0.972. The summed E-state index contributed by atoms with van der Waals surface area (Å²) < 4.78 is 5.19. The zero-order valence-electron chi connectivity index (χ0n) is 18.4. The summed E-state index contributed by atoms with van der Waals surface area (Å²) in [7, 11) is 5.61. The predicted molar refractivity (Wildman–Crippen MR) is 133 cm³/mol. The molecule has 0 aliphatic heterocycles. The van der Waals surface area contributed by atoms with E-state index in [1.54, 1.807) is 18.1 Å². The van der Waals surface area contributed by atoms with Crippen molar-refractivity contribution in [3.63, 3.8) is 0 Å². The predicted octanol–water partition coefficient (Wildman–Crippen LogP) is 6.34. The van der Waals surface area contributed by atoms with Crippen LogP contribution in [0, 0.1) is 0 Å². The standard InChI is InChI=1S/C25H27Cl2N3O2/c1-29(2)22-10-4-18(5-11-22)17-30(15-14-19-6-7-20(26)16-24(19)27)25(31)28-21-8-12-23(32-3)13-9-21/h4-13,16H,14-15,17H2,1-3H3,(H,28,31). The normalized spacial score (nSPS) is 10.5. The monoisotopic (exact) mass is 471 g/mol. The van der Waals surface area contributed by atoms with E-state index in [1.165, 1.54) is 0 Å². The molecule has 0 saturated heterocycles. The van der Waals surface area contributed by atoms with Crippen molar-refractivity contribution in [1.29, 1.82) is 0 Å². The highest BCUT2D eigenvalue weighted by molar-refractivity contribution is 6.35. The third-order valence-electron chi connectivity index (χ3n) is 5.12. The first-order valence-corrected chi connectivity index (χ1v) is 11.0. The SMILES string of the molecule is COc1ccc(NC(=O)N(CCc2ccc(Cl)cc2Cl)Cc2ccc(N(C)C)cc2)cc1. The van der Waals surface area contributed by atoms with Crippen LogP contribution in [0.15, 0.2) is 66.7 Å². The molecule has 0 fully saturated rings. The van der Waals surface area contributed by atoms with Crippen molar-refractivity contribution in [2.75, 3.05) is 38.0 Å². The first-order valence-electron chi connectivity index (χ1n) is 10.3. The quantitative estimate of drug-likeness (QED) is 0.416. The van der Waals surface area contributed by atoms with Crippen molar-refractivity contribution in [2.24, 2.45) is 0 Å². The molecule has 2 amide bonds. The lowest BCUT2D eigenvalue weighted by molar-refractivity contribution is 0.210. The van der Waals surface area contributed by atoms with Gasteiger partial charge in [-0.2, -0.15) is 0 Å². The third-order valence-corrected chi connectivity index (χ3v) is 5.71. The Kier molecular flexibility index (Phi) is 8.26. The number of rotatable bonds is 8. The lowest BCUT2D eigenvalue weighted by Gasteiger charge is -2.24. The molecule has 3 rings (SSSR count). The fraction of sp³-hybridized carbons (Fsp3) is 0.240. The number of anilines is 2. The molecule has 3 aromatic rings. The van der Waals surface area contributed by atoms with Gasteiger partial charge < -0.3 is 19.9 Å². The van der Waals surface area contributed by atoms with E-state index in [9.17, 15) is 4.79 Å². The molecule has 0 aromatic heterocycles. The highest BCUT2D eigenvalue weighted by Gasteiger charge is 2.16. The molecule has 0 spiro atoms. The number of ether oxygens (including phenoxy) is 1. The molecular weight excluding hydrogens is 445 g/mol. The molecule has 0 saturated carbocycles. The highest BCUT2D eigenvalue weighted by Crippen LogP contribution is 2.22. The van der Waals surface area contributed by atoms with Crippen LogP contribution in [0.1, 0.15) is 11.1 Å². The van der Waals surface area contributed by atoms with Crippen molar-refractivity contribution in [2.45, 2.75) is 13.0 Å². The van der Waals surface area contributed by atoms with E-state index in [1.807, 2.05) is 79.7 Å². The Hall–Kier alpha value is -2.89. The van der Waals surface area contributed by atoms with Gasteiger partial charge in [-0.3, -0.25) is 0 Å². The zero-order chi connectivity index (χ0) is 23.1. The number of urea groups is 1. The maximum Gasteiger partial charge on any atom is 0.322 e. The van der Waals surface area contributed by atoms with Gasteiger partial charge in [0.1, 0.15) is 5.75 Å². The average Bonchev–Trinajstić information content (AvgIpc) is 2.78. The van der Waals surface area contributed by atoms with Crippen LogP contribution in [-0.2, 0) is 13.0 Å². The van der Waals surface area contributed by atoms with Gasteiger partial charge >= 0.3 is 6.03 Å². The van der Waals surface area contributed by atoms with Gasteiger partial charge in [-0.15, -0.1) is 0 Å². The second-order valence-corrected chi connectivity index (χ2v) is 8.47. The molecule has 168 valence electrons. The number of methoxy groups -OCH3 is 1. The summed E-state index contributed by atoms with van der Waals surface area (Å²) in [5, 5.41) is 4.16. The molecule has 3 aromatic carbocycles. The summed E-state index contributed by atoms with van der Waals surface area (Å²) >= 11 is 12.4. The van der Waals surface area contributed by atoms with Crippen LogP contribution in [-0.4, -0.2) is 38.7 Å². The number of carbonyl (C=O) groups excluding carboxylic acids is 1. The molecule has 7 heteroatoms. The van der Waals surface area contributed by atoms with Crippen LogP contribution >= 0.6 is 23.2 Å². The van der Waals surface area contributed by atoms with Gasteiger partial charge in [0.2, 0.25) is 0 Å². The van der Waals surface area contributed by atoms with Gasteiger partial charge in [-0.25, -0.2) is 4.79 Å². The average molecular weight is 472 g/mol. The summed E-state index contributed by atoms with van der Waals surface area (Å²) in [6.07, 6.45) is 0.613. The number of benzene rings is 3. The maximum absolute atomic E-state index is 13.1. The van der Waals surface area contributed by atoms with Gasteiger partial charge in [0.15, 0.2) is 0 Å². The molecule has 0 aliphatic carbocycles. The van der Waals surface area contributed by atoms with Crippen molar-refractivity contribution < 1.29 is 9.53 Å². The van der Waals surface area contributed by atoms with Crippen molar-refractivity contribution >= 4 is 40.6 Å². The van der Waals surface area contributed by atoms with Crippen LogP contribution in [0.5, 0.6) is 5.75 Å². The lowest BCUT2D eigenvalue weighted by atomic mass is 10.1. The first-order chi connectivity index (χ1) is 15.4. The van der Waals surface area contributed by atoms with Gasteiger partial charge in [0.25, 0.3) is 0 Å². The Labute approximate surface area is 199 Å². The summed E-state index contributed by atoms with van der Waals surface area (Å²) in [6, 6.07) is 20.7. The summed E-state index contributed by atoms with van der Waals surface area (Å²) in [5.74, 6) is 0.734. The first kappa shape index (κ1) is 23.8. The van der Waals surface area contributed by atoms with Gasteiger partial charge in [-0.1, -0.05) is 41.4 Å². The molecule has 0 radical (unpaired) electrons. The molecule has 0 aliphatic rings. The second-order valence-electron chi connectivity index (χ2n) is 7.63. The van der Waals surface area contributed by atoms with E-state index in [-0.39, 0.29) is 6.03 Å². The molecule has 0 bridgehead atoms. The van der Waals surface area contributed by atoms with Crippen LogP contribution in [0.4, 0.5) is 16.2 Å². The van der Waals surface area contributed by atoms with Crippen molar-refractivity contribution in [3.05, 3.63) is 87.9 Å². The van der Waals surface area contributed by atoms with Crippen molar-refractivity contribution in [1.82, 2.24) is 4.90 Å². The molecule has 0 atom stereocenters. The smallest absolute Gasteiger partial charge is 0.322 e. The van der Waals surface area contributed by atoms with Crippen molar-refractivity contribution in [3.8, 4) is 5.75 Å². The van der Waals surface area contributed by atoms with E-state index >= 15 is 0 Å². The largest absolute Gasteiger partial charge is 0.497 e. The van der Waals surface area contributed by atoms with E-state index < -0.39 is 0 Å². The van der Waals surface area contributed by atoms with Crippen LogP contribution in [0.2, 0.25) is 10.0 Å². The Morgan fingerprint density at radius 2 is 1.66 bits per heavy atom. The molecule has 5 nitrogen and oxygen atoms in total. The Morgan fingerprint density at radius 3 is 2.25 bits per heavy atom. The fourth-order valence-electron chi connectivity index (χ4n) is 3.23. The fourth-order valence-corrected chi connectivity index (χ4v) is 3.73.